The minimum atomic E-state index is -0.268. The summed E-state index contributed by atoms with van der Waals surface area (Å²) in [6, 6.07) is 14.9. The third-order valence-electron chi connectivity index (χ3n) is 5.60. The summed E-state index contributed by atoms with van der Waals surface area (Å²) in [6.07, 6.45) is 2.11. The van der Waals surface area contributed by atoms with Gasteiger partial charge in [-0.05, 0) is 50.5 Å². The minimum absolute atomic E-state index is 0.0660. The Kier molecular flexibility index (Phi) is 5.98. The van der Waals surface area contributed by atoms with Crippen LogP contribution in [-0.4, -0.2) is 47.9 Å². The van der Waals surface area contributed by atoms with Crippen LogP contribution in [0.4, 0.5) is 0 Å². The van der Waals surface area contributed by atoms with Gasteiger partial charge in [-0.15, -0.1) is 0 Å². The second-order valence-corrected chi connectivity index (χ2v) is 8.12. The standard InChI is InChI=1S/C25H28N2O4/c1-17(2)31-20-12-10-18(11-13-20)22-23(26-14-6-7-15-26)25(29)27(24(22)28)16-19-8-4-5-9-21(19)30-3/h4-5,8-13,17H,6-7,14-16H2,1-3H3. The van der Waals surface area contributed by atoms with Crippen LogP contribution in [0.2, 0.25) is 0 Å². The van der Waals surface area contributed by atoms with Crippen LogP contribution in [0.3, 0.4) is 0 Å². The topological polar surface area (TPSA) is 59.1 Å². The predicted molar refractivity (Wildman–Crippen MR) is 118 cm³/mol. The number of ether oxygens (including phenoxy) is 2. The van der Waals surface area contributed by atoms with E-state index in [-0.39, 0.29) is 24.5 Å². The summed E-state index contributed by atoms with van der Waals surface area (Å²) >= 11 is 0. The molecule has 0 unspecified atom stereocenters. The monoisotopic (exact) mass is 420 g/mol. The Labute approximate surface area is 183 Å². The van der Waals surface area contributed by atoms with Crippen molar-refractivity contribution in [3.63, 3.8) is 0 Å². The Bertz CT molecular complexity index is 1000. The maximum Gasteiger partial charge on any atom is 0.278 e. The van der Waals surface area contributed by atoms with Gasteiger partial charge in [0.15, 0.2) is 0 Å². The Morgan fingerprint density at radius 3 is 2.26 bits per heavy atom. The number of nitrogens with zero attached hydrogens (tertiary/aromatic N) is 2. The number of para-hydroxylation sites is 1. The lowest BCUT2D eigenvalue weighted by Gasteiger charge is -2.20. The van der Waals surface area contributed by atoms with Gasteiger partial charge in [-0.3, -0.25) is 14.5 Å². The fourth-order valence-corrected chi connectivity index (χ4v) is 4.18. The molecule has 0 aliphatic carbocycles. The van der Waals surface area contributed by atoms with Gasteiger partial charge in [0.2, 0.25) is 0 Å². The lowest BCUT2D eigenvalue weighted by Crippen LogP contribution is -2.34. The molecule has 1 fully saturated rings. The van der Waals surface area contributed by atoms with Crippen molar-refractivity contribution in [3.8, 4) is 11.5 Å². The van der Waals surface area contributed by atoms with Crippen LogP contribution in [0.5, 0.6) is 11.5 Å². The molecular formula is C25H28N2O4. The number of likely N-dealkylation sites (tertiary alicyclic amines) is 1. The van der Waals surface area contributed by atoms with E-state index in [1.54, 1.807) is 7.11 Å². The van der Waals surface area contributed by atoms with Gasteiger partial charge >= 0.3 is 0 Å². The molecule has 1 saturated heterocycles. The molecule has 0 radical (unpaired) electrons. The Morgan fingerprint density at radius 1 is 0.935 bits per heavy atom. The van der Waals surface area contributed by atoms with Gasteiger partial charge < -0.3 is 14.4 Å². The van der Waals surface area contributed by atoms with Crippen molar-refractivity contribution in [2.45, 2.75) is 39.3 Å². The van der Waals surface area contributed by atoms with Crippen molar-refractivity contribution < 1.29 is 19.1 Å². The van der Waals surface area contributed by atoms with E-state index < -0.39 is 0 Å². The van der Waals surface area contributed by atoms with Gasteiger partial charge in [0.05, 0.1) is 25.3 Å². The summed E-state index contributed by atoms with van der Waals surface area (Å²) in [5.74, 6) is 0.893. The number of rotatable bonds is 7. The van der Waals surface area contributed by atoms with E-state index in [1.165, 1.54) is 4.90 Å². The number of carbonyl (C=O) groups is 2. The maximum absolute atomic E-state index is 13.5. The molecule has 162 valence electrons. The van der Waals surface area contributed by atoms with Gasteiger partial charge in [0.1, 0.15) is 17.2 Å². The molecule has 6 heteroatoms. The van der Waals surface area contributed by atoms with E-state index in [0.29, 0.717) is 17.0 Å². The van der Waals surface area contributed by atoms with Gasteiger partial charge in [0, 0.05) is 18.7 Å². The number of benzene rings is 2. The molecule has 2 aromatic rings. The van der Waals surface area contributed by atoms with Gasteiger partial charge in [-0.25, -0.2) is 0 Å². The molecule has 0 atom stereocenters. The van der Waals surface area contributed by atoms with E-state index in [1.807, 2.05) is 62.4 Å². The summed E-state index contributed by atoms with van der Waals surface area (Å²) < 4.78 is 11.2. The number of amides is 2. The van der Waals surface area contributed by atoms with Crippen LogP contribution >= 0.6 is 0 Å². The molecule has 2 amide bonds. The van der Waals surface area contributed by atoms with Gasteiger partial charge in [-0.1, -0.05) is 30.3 Å². The minimum Gasteiger partial charge on any atom is -0.496 e. The van der Waals surface area contributed by atoms with Crippen molar-refractivity contribution in [1.82, 2.24) is 9.80 Å². The highest BCUT2D eigenvalue weighted by molar-refractivity contribution is 6.35. The normalized spacial score (nSPS) is 16.6. The number of hydrogen-bond acceptors (Lipinski definition) is 5. The van der Waals surface area contributed by atoms with Gasteiger partial charge in [-0.2, -0.15) is 0 Å². The van der Waals surface area contributed by atoms with Crippen LogP contribution in [0.15, 0.2) is 54.2 Å². The fraction of sp³-hybridized carbons (Fsp3) is 0.360. The van der Waals surface area contributed by atoms with Crippen LogP contribution in [0.1, 0.15) is 37.8 Å². The average Bonchev–Trinajstić information content (AvgIpc) is 3.37. The molecule has 2 aliphatic heterocycles. The van der Waals surface area contributed by atoms with E-state index in [2.05, 4.69) is 4.90 Å². The van der Waals surface area contributed by atoms with Crippen molar-refractivity contribution in [1.29, 1.82) is 0 Å². The highest BCUT2D eigenvalue weighted by Gasteiger charge is 2.42. The van der Waals surface area contributed by atoms with Crippen LogP contribution in [-0.2, 0) is 16.1 Å². The summed E-state index contributed by atoms with van der Waals surface area (Å²) in [7, 11) is 1.59. The third kappa shape index (κ3) is 4.15. The molecule has 2 aliphatic rings. The van der Waals surface area contributed by atoms with Crippen molar-refractivity contribution >= 4 is 17.4 Å². The smallest absolute Gasteiger partial charge is 0.278 e. The Hall–Kier alpha value is -3.28. The van der Waals surface area contributed by atoms with E-state index in [9.17, 15) is 9.59 Å². The number of carbonyl (C=O) groups excluding carboxylic acids is 2. The first-order valence-corrected chi connectivity index (χ1v) is 10.7. The largest absolute Gasteiger partial charge is 0.496 e. The molecule has 0 N–H and O–H groups in total. The van der Waals surface area contributed by atoms with Crippen molar-refractivity contribution in [2.24, 2.45) is 0 Å². The third-order valence-corrected chi connectivity index (χ3v) is 5.60. The van der Waals surface area contributed by atoms with E-state index in [4.69, 9.17) is 9.47 Å². The molecule has 0 spiro atoms. The lowest BCUT2D eigenvalue weighted by molar-refractivity contribution is -0.138. The fourth-order valence-electron chi connectivity index (χ4n) is 4.18. The lowest BCUT2D eigenvalue weighted by atomic mass is 10.0. The second-order valence-electron chi connectivity index (χ2n) is 8.12. The molecule has 2 aromatic carbocycles. The van der Waals surface area contributed by atoms with Crippen LogP contribution in [0.25, 0.3) is 5.57 Å². The molecule has 4 rings (SSSR count). The van der Waals surface area contributed by atoms with E-state index >= 15 is 0 Å². The molecule has 0 bridgehead atoms. The Morgan fingerprint density at radius 2 is 1.61 bits per heavy atom. The first-order valence-electron chi connectivity index (χ1n) is 10.7. The first kappa shape index (κ1) is 21.0. The van der Waals surface area contributed by atoms with E-state index in [0.717, 1.165) is 42.8 Å². The second kappa shape index (κ2) is 8.84. The SMILES string of the molecule is COc1ccccc1CN1C(=O)C(c2ccc(OC(C)C)cc2)=C(N2CCCC2)C1=O. The summed E-state index contributed by atoms with van der Waals surface area (Å²) in [6.45, 7) is 5.69. The average molecular weight is 421 g/mol. The zero-order chi connectivity index (χ0) is 22.0. The molecule has 0 saturated carbocycles. The quantitative estimate of drug-likeness (QED) is 0.637. The molecular weight excluding hydrogens is 392 g/mol. The summed E-state index contributed by atoms with van der Waals surface area (Å²) in [4.78, 5) is 30.3. The maximum atomic E-state index is 13.5. The molecule has 2 heterocycles. The summed E-state index contributed by atoms with van der Waals surface area (Å²) in [5, 5.41) is 0. The number of methoxy groups -OCH3 is 1. The molecule has 0 aromatic heterocycles. The molecule has 6 nitrogen and oxygen atoms in total. The summed E-state index contributed by atoms with van der Waals surface area (Å²) in [5.41, 5.74) is 2.51. The zero-order valence-electron chi connectivity index (χ0n) is 18.3. The van der Waals surface area contributed by atoms with Crippen molar-refractivity contribution in [2.75, 3.05) is 20.2 Å². The number of hydrogen-bond donors (Lipinski definition) is 0. The highest BCUT2D eigenvalue weighted by atomic mass is 16.5. The van der Waals surface area contributed by atoms with Crippen molar-refractivity contribution in [3.05, 3.63) is 65.4 Å². The first-order chi connectivity index (χ1) is 15.0. The number of imide groups is 1. The zero-order valence-corrected chi connectivity index (χ0v) is 18.3. The predicted octanol–water partition coefficient (Wildman–Crippen LogP) is 3.86. The van der Waals surface area contributed by atoms with Gasteiger partial charge in [0.25, 0.3) is 11.8 Å². The highest BCUT2D eigenvalue weighted by Crippen LogP contribution is 2.35. The van der Waals surface area contributed by atoms with Crippen LogP contribution < -0.4 is 9.47 Å². The Balaban J connectivity index is 1.69. The molecule has 31 heavy (non-hydrogen) atoms. The van der Waals surface area contributed by atoms with Crippen LogP contribution in [0, 0.1) is 0 Å².